The molecule has 82 valence electrons. The van der Waals surface area contributed by atoms with Gasteiger partial charge < -0.3 is 4.98 Å². The van der Waals surface area contributed by atoms with Gasteiger partial charge in [-0.1, -0.05) is 6.07 Å². The lowest BCUT2D eigenvalue weighted by Crippen LogP contribution is -2.18. The highest BCUT2D eigenvalue weighted by Crippen LogP contribution is 2.20. The van der Waals surface area contributed by atoms with Gasteiger partial charge in [-0.2, -0.15) is 0 Å². The van der Waals surface area contributed by atoms with Crippen molar-refractivity contribution in [2.45, 2.75) is 0 Å². The largest absolute Gasteiger partial charge is 0.326 e. The van der Waals surface area contributed by atoms with Crippen LogP contribution in [0.25, 0.3) is 10.9 Å². The fourth-order valence-corrected chi connectivity index (χ4v) is 1.65. The number of hydrogen-bond acceptors (Lipinski definition) is 4. The van der Waals surface area contributed by atoms with Crippen molar-refractivity contribution in [2.75, 3.05) is 0 Å². The Morgan fingerprint density at radius 2 is 2.19 bits per heavy atom. The summed E-state index contributed by atoms with van der Waals surface area (Å²) in [4.78, 5) is 24.7. The normalized spacial score (nSPS) is 10.6. The Labute approximate surface area is 94.3 Å². The van der Waals surface area contributed by atoms with E-state index >= 15 is 0 Å². The highest BCUT2D eigenvalue weighted by atomic mass is 32.1. The van der Waals surface area contributed by atoms with Crippen LogP contribution in [0.3, 0.4) is 0 Å². The molecule has 0 fully saturated rings. The van der Waals surface area contributed by atoms with Crippen LogP contribution in [0.15, 0.2) is 23.0 Å². The first kappa shape index (κ1) is 10.5. The number of benzene rings is 1. The van der Waals surface area contributed by atoms with E-state index in [9.17, 15) is 14.9 Å². The molecule has 6 nitrogen and oxygen atoms in total. The smallest absolute Gasteiger partial charge is 0.293 e. The van der Waals surface area contributed by atoms with Crippen molar-refractivity contribution in [3.8, 4) is 0 Å². The summed E-state index contributed by atoms with van der Waals surface area (Å²) in [6.07, 6.45) is 0. The number of hydrogen-bond donors (Lipinski definition) is 1. The Kier molecular flexibility index (Phi) is 2.31. The van der Waals surface area contributed by atoms with Gasteiger partial charge in [0.1, 0.15) is 5.52 Å². The lowest BCUT2D eigenvalue weighted by Gasteiger charge is -2.02. The summed E-state index contributed by atoms with van der Waals surface area (Å²) in [5.41, 5.74) is -0.329. The number of non-ortho nitro benzene ring substituents is 1. The predicted octanol–water partition coefficient (Wildman–Crippen LogP) is 1.50. The van der Waals surface area contributed by atoms with Gasteiger partial charge in [-0.3, -0.25) is 19.5 Å². The summed E-state index contributed by atoms with van der Waals surface area (Å²) in [7, 11) is 1.51. The summed E-state index contributed by atoms with van der Waals surface area (Å²) >= 11 is 4.90. The second-order valence-electron chi connectivity index (χ2n) is 3.25. The molecule has 7 heteroatoms. The van der Waals surface area contributed by atoms with E-state index in [1.54, 1.807) is 0 Å². The number of aromatic nitrogens is 2. The van der Waals surface area contributed by atoms with Gasteiger partial charge in [0.15, 0.2) is 4.77 Å². The summed E-state index contributed by atoms with van der Waals surface area (Å²) < 4.78 is 1.40. The predicted molar refractivity (Wildman–Crippen MR) is 61.0 cm³/mol. The minimum atomic E-state index is -0.549. The second-order valence-corrected chi connectivity index (χ2v) is 3.64. The molecule has 0 spiro atoms. The SMILES string of the molecule is Cn1c(=S)[nH]c2c([N+](=O)[O-])cccc2c1=O. The Balaban J connectivity index is 3.07. The monoisotopic (exact) mass is 237 g/mol. The molecule has 1 aromatic heterocycles. The van der Waals surface area contributed by atoms with Crippen molar-refractivity contribution in [3.05, 3.63) is 43.4 Å². The van der Waals surface area contributed by atoms with E-state index < -0.39 is 4.92 Å². The minimum Gasteiger partial charge on any atom is -0.326 e. The zero-order valence-electron chi connectivity index (χ0n) is 8.26. The molecule has 1 heterocycles. The number of para-hydroxylation sites is 1. The molecule has 0 saturated heterocycles. The molecule has 2 aromatic rings. The molecule has 1 aromatic carbocycles. The molecule has 0 saturated carbocycles. The maximum absolute atomic E-state index is 11.8. The van der Waals surface area contributed by atoms with Crippen molar-refractivity contribution in [2.24, 2.45) is 7.05 Å². The van der Waals surface area contributed by atoms with Crippen molar-refractivity contribution < 1.29 is 4.92 Å². The number of rotatable bonds is 1. The van der Waals surface area contributed by atoms with Crippen molar-refractivity contribution in [1.29, 1.82) is 0 Å². The highest BCUT2D eigenvalue weighted by Gasteiger charge is 2.14. The fraction of sp³-hybridized carbons (Fsp3) is 0.111. The first-order valence-electron chi connectivity index (χ1n) is 4.39. The number of fused-ring (bicyclic) bond motifs is 1. The number of nitro benzene ring substituents is 1. The van der Waals surface area contributed by atoms with Crippen molar-refractivity contribution in [1.82, 2.24) is 9.55 Å². The van der Waals surface area contributed by atoms with Crippen LogP contribution in [0.4, 0.5) is 5.69 Å². The van der Waals surface area contributed by atoms with Crippen LogP contribution in [0.1, 0.15) is 0 Å². The van der Waals surface area contributed by atoms with Crippen LogP contribution < -0.4 is 5.56 Å². The molecular formula is C9H7N3O3S. The Morgan fingerprint density at radius 1 is 1.50 bits per heavy atom. The maximum Gasteiger partial charge on any atom is 0.293 e. The summed E-state index contributed by atoms with van der Waals surface area (Å²) in [5, 5.41) is 11.0. The first-order valence-corrected chi connectivity index (χ1v) is 4.79. The fourth-order valence-electron chi connectivity index (χ4n) is 1.47. The standard InChI is InChI=1S/C9H7N3O3S/c1-11-8(13)5-3-2-4-6(12(14)15)7(5)10-9(11)16/h2-4H,1H3,(H,10,16). The molecule has 16 heavy (non-hydrogen) atoms. The topological polar surface area (TPSA) is 80.9 Å². The summed E-state index contributed by atoms with van der Waals surface area (Å²) in [5.74, 6) is 0. The molecule has 1 N–H and O–H groups in total. The van der Waals surface area contributed by atoms with E-state index in [1.165, 1.54) is 29.8 Å². The molecule has 0 aliphatic rings. The Hall–Kier alpha value is -2.02. The third-order valence-electron chi connectivity index (χ3n) is 2.31. The van der Waals surface area contributed by atoms with E-state index in [2.05, 4.69) is 4.98 Å². The molecule has 0 amide bonds. The van der Waals surface area contributed by atoms with Gasteiger partial charge in [-0.05, 0) is 18.3 Å². The lowest BCUT2D eigenvalue weighted by atomic mass is 10.2. The van der Waals surface area contributed by atoms with Crippen molar-refractivity contribution >= 4 is 28.8 Å². The van der Waals surface area contributed by atoms with Crippen LogP contribution in [-0.2, 0) is 7.05 Å². The number of nitrogens with zero attached hydrogens (tertiary/aromatic N) is 2. The zero-order chi connectivity index (χ0) is 11.9. The van der Waals surface area contributed by atoms with E-state index in [1.807, 2.05) is 0 Å². The molecule has 0 aliphatic carbocycles. The number of aromatic amines is 1. The maximum atomic E-state index is 11.8. The molecule has 0 radical (unpaired) electrons. The van der Waals surface area contributed by atoms with Gasteiger partial charge in [0.2, 0.25) is 0 Å². The Bertz CT molecular complexity index is 701. The van der Waals surface area contributed by atoms with Crippen LogP contribution in [0.2, 0.25) is 0 Å². The number of nitro groups is 1. The van der Waals surface area contributed by atoms with Gasteiger partial charge in [-0.25, -0.2) is 0 Å². The van der Waals surface area contributed by atoms with Gasteiger partial charge >= 0.3 is 0 Å². The minimum absolute atomic E-state index is 0.152. The van der Waals surface area contributed by atoms with Crippen LogP contribution in [-0.4, -0.2) is 14.5 Å². The average Bonchev–Trinajstić information content (AvgIpc) is 2.25. The van der Waals surface area contributed by atoms with Crippen LogP contribution >= 0.6 is 12.2 Å². The molecule has 0 aliphatic heterocycles. The molecular weight excluding hydrogens is 230 g/mol. The third kappa shape index (κ3) is 1.41. The van der Waals surface area contributed by atoms with Gasteiger partial charge in [0.05, 0.1) is 10.3 Å². The highest BCUT2D eigenvalue weighted by molar-refractivity contribution is 7.71. The van der Waals surface area contributed by atoms with Crippen molar-refractivity contribution in [3.63, 3.8) is 0 Å². The molecule has 0 atom stereocenters. The van der Waals surface area contributed by atoms with Gasteiger partial charge in [-0.15, -0.1) is 0 Å². The number of nitrogens with one attached hydrogen (secondary N) is 1. The lowest BCUT2D eigenvalue weighted by molar-refractivity contribution is -0.383. The second kappa shape index (κ2) is 3.53. The summed E-state index contributed by atoms with van der Waals surface area (Å²) in [6.45, 7) is 0. The summed E-state index contributed by atoms with van der Waals surface area (Å²) in [6, 6.07) is 4.32. The van der Waals surface area contributed by atoms with Crippen LogP contribution in [0.5, 0.6) is 0 Å². The Morgan fingerprint density at radius 3 is 2.81 bits per heavy atom. The zero-order valence-corrected chi connectivity index (χ0v) is 9.08. The average molecular weight is 237 g/mol. The van der Waals surface area contributed by atoms with E-state index in [0.717, 1.165) is 0 Å². The third-order valence-corrected chi connectivity index (χ3v) is 2.69. The molecule has 0 bridgehead atoms. The van der Waals surface area contributed by atoms with E-state index in [4.69, 9.17) is 12.2 Å². The molecule has 2 rings (SSSR count). The first-order chi connectivity index (χ1) is 7.52. The van der Waals surface area contributed by atoms with Crippen LogP contribution in [0, 0.1) is 14.9 Å². The van der Waals surface area contributed by atoms with Gasteiger partial charge in [0, 0.05) is 13.1 Å². The van der Waals surface area contributed by atoms with Gasteiger partial charge in [0.25, 0.3) is 11.2 Å². The molecule has 0 unspecified atom stereocenters. The number of H-pyrrole nitrogens is 1. The quantitative estimate of drug-likeness (QED) is 0.463. The van der Waals surface area contributed by atoms with E-state index in [-0.39, 0.29) is 26.9 Å². The van der Waals surface area contributed by atoms with E-state index in [0.29, 0.717) is 0 Å².